The first-order chi connectivity index (χ1) is 9.24. The number of nitrogens with zero attached hydrogens (tertiary/aromatic N) is 2. The summed E-state index contributed by atoms with van der Waals surface area (Å²) in [4.78, 5) is 0. The topological polar surface area (TPSA) is 39.1 Å². The van der Waals surface area contributed by atoms with E-state index in [0.717, 1.165) is 12.3 Å². The number of hydrogen-bond donors (Lipinski definition) is 1. The molecule has 5 heteroatoms. The Hall–Kier alpha value is -1.88. The van der Waals surface area contributed by atoms with Crippen molar-refractivity contribution in [3.05, 3.63) is 42.5 Å². The minimum absolute atomic E-state index is 0.283. The van der Waals surface area contributed by atoms with Gasteiger partial charge in [0.05, 0.1) is 37.3 Å². The largest absolute Gasteiger partial charge is 0.379 e. The summed E-state index contributed by atoms with van der Waals surface area (Å²) in [6.45, 7) is 3.62. The van der Waals surface area contributed by atoms with Crippen LogP contribution in [0, 0.1) is 11.7 Å². The van der Waals surface area contributed by atoms with Gasteiger partial charge in [-0.25, -0.2) is 9.07 Å². The molecular formula is C14H16FN3O. The molecule has 0 aliphatic carbocycles. The summed E-state index contributed by atoms with van der Waals surface area (Å²) in [5.74, 6) is 0.187. The predicted octanol–water partition coefficient (Wildman–Crippen LogP) is 2.46. The molecule has 1 aromatic carbocycles. The van der Waals surface area contributed by atoms with Crippen LogP contribution in [0.4, 0.5) is 10.1 Å². The number of hydrogen-bond acceptors (Lipinski definition) is 3. The van der Waals surface area contributed by atoms with Crippen LogP contribution < -0.4 is 5.32 Å². The van der Waals surface area contributed by atoms with Gasteiger partial charge in [0.1, 0.15) is 11.5 Å². The fourth-order valence-corrected chi connectivity index (χ4v) is 2.23. The van der Waals surface area contributed by atoms with Gasteiger partial charge in [0.25, 0.3) is 0 Å². The van der Waals surface area contributed by atoms with Gasteiger partial charge >= 0.3 is 0 Å². The molecule has 2 aromatic rings. The smallest absolute Gasteiger partial charge is 0.148 e. The van der Waals surface area contributed by atoms with E-state index in [9.17, 15) is 4.39 Å². The highest BCUT2D eigenvalue weighted by Crippen LogP contribution is 2.20. The Labute approximate surface area is 111 Å². The SMILES string of the molecule is CC1COCC1Nc1cnn(-c2ccccc2F)c1. The van der Waals surface area contributed by atoms with Gasteiger partial charge in [0.2, 0.25) is 0 Å². The lowest BCUT2D eigenvalue weighted by Gasteiger charge is -2.14. The second-order valence-electron chi connectivity index (χ2n) is 4.89. The zero-order valence-electron chi connectivity index (χ0n) is 10.7. The van der Waals surface area contributed by atoms with Crippen molar-refractivity contribution >= 4 is 5.69 Å². The zero-order chi connectivity index (χ0) is 13.2. The molecule has 2 unspecified atom stereocenters. The second kappa shape index (κ2) is 5.01. The van der Waals surface area contributed by atoms with Gasteiger partial charge in [-0.05, 0) is 12.1 Å². The van der Waals surface area contributed by atoms with Crippen LogP contribution in [0.5, 0.6) is 0 Å². The van der Waals surface area contributed by atoms with E-state index in [4.69, 9.17) is 4.74 Å². The third kappa shape index (κ3) is 2.46. The van der Waals surface area contributed by atoms with Crippen molar-refractivity contribution in [2.24, 2.45) is 5.92 Å². The molecule has 3 rings (SSSR count). The van der Waals surface area contributed by atoms with Crippen LogP contribution in [0.25, 0.3) is 5.69 Å². The molecule has 4 nitrogen and oxygen atoms in total. The van der Waals surface area contributed by atoms with E-state index >= 15 is 0 Å². The average molecular weight is 261 g/mol. The molecule has 2 atom stereocenters. The van der Waals surface area contributed by atoms with Gasteiger partial charge in [-0.2, -0.15) is 5.10 Å². The summed E-state index contributed by atoms with van der Waals surface area (Å²) in [6.07, 6.45) is 3.50. The van der Waals surface area contributed by atoms with Crippen LogP contribution in [0.3, 0.4) is 0 Å². The van der Waals surface area contributed by atoms with Crippen molar-refractivity contribution in [3.8, 4) is 5.69 Å². The Bertz CT molecular complexity index is 569. The summed E-state index contributed by atoms with van der Waals surface area (Å²) < 4.78 is 20.6. The van der Waals surface area contributed by atoms with E-state index in [2.05, 4.69) is 17.3 Å². The summed E-state index contributed by atoms with van der Waals surface area (Å²) in [6, 6.07) is 6.88. The first kappa shape index (κ1) is 12.2. The lowest BCUT2D eigenvalue weighted by Crippen LogP contribution is -2.25. The minimum Gasteiger partial charge on any atom is -0.379 e. The number of para-hydroxylation sites is 1. The molecule has 1 aliphatic heterocycles. The molecule has 2 heterocycles. The summed E-state index contributed by atoms with van der Waals surface area (Å²) in [5.41, 5.74) is 1.33. The highest BCUT2D eigenvalue weighted by atomic mass is 19.1. The van der Waals surface area contributed by atoms with Gasteiger partial charge in [-0.1, -0.05) is 19.1 Å². The molecule has 1 saturated heterocycles. The second-order valence-corrected chi connectivity index (χ2v) is 4.89. The maximum Gasteiger partial charge on any atom is 0.148 e. The number of halogens is 1. The number of anilines is 1. The molecule has 0 radical (unpaired) electrons. The molecule has 19 heavy (non-hydrogen) atoms. The van der Waals surface area contributed by atoms with Crippen molar-refractivity contribution in [2.75, 3.05) is 18.5 Å². The zero-order valence-corrected chi connectivity index (χ0v) is 10.7. The van der Waals surface area contributed by atoms with Crippen molar-refractivity contribution in [1.82, 2.24) is 9.78 Å². The molecular weight excluding hydrogens is 245 g/mol. The normalized spacial score (nSPS) is 22.6. The highest BCUT2D eigenvalue weighted by molar-refractivity contribution is 5.43. The van der Waals surface area contributed by atoms with E-state index in [1.54, 1.807) is 30.6 Å². The first-order valence-corrected chi connectivity index (χ1v) is 6.38. The average Bonchev–Trinajstić information content (AvgIpc) is 3.01. The van der Waals surface area contributed by atoms with Crippen LogP contribution >= 0.6 is 0 Å². The van der Waals surface area contributed by atoms with Crippen LogP contribution in [-0.4, -0.2) is 29.0 Å². The van der Waals surface area contributed by atoms with Gasteiger partial charge in [-0.3, -0.25) is 0 Å². The van der Waals surface area contributed by atoms with E-state index in [1.807, 2.05) is 0 Å². The van der Waals surface area contributed by atoms with Crippen LogP contribution in [0.1, 0.15) is 6.92 Å². The Morgan fingerprint density at radius 1 is 1.37 bits per heavy atom. The number of benzene rings is 1. The molecule has 1 aliphatic rings. The first-order valence-electron chi connectivity index (χ1n) is 6.38. The predicted molar refractivity (Wildman–Crippen MR) is 70.9 cm³/mol. The lowest BCUT2D eigenvalue weighted by molar-refractivity contribution is 0.187. The van der Waals surface area contributed by atoms with Crippen molar-refractivity contribution in [2.45, 2.75) is 13.0 Å². The Kier molecular flexibility index (Phi) is 3.21. The fraction of sp³-hybridized carbons (Fsp3) is 0.357. The number of nitrogens with one attached hydrogen (secondary N) is 1. The van der Waals surface area contributed by atoms with Crippen LogP contribution in [-0.2, 0) is 4.74 Å². The summed E-state index contributed by atoms with van der Waals surface area (Å²) >= 11 is 0. The number of rotatable bonds is 3. The quantitative estimate of drug-likeness (QED) is 0.922. The van der Waals surface area contributed by atoms with Gasteiger partial charge in [0, 0.05) is 5.92 Å². The molecule has 0 bridgehead atoms. The van der Waals surface area contributed by atoms with Crippen molar-refractivity contribution in [3.63, 3.8) is 0 Å². The van der Waals surface area contributed by atoms with Crippen LogP contribution in [0.2, 0.25) is 0 Å². The Morgan fingerprint density at radius 3 is 2.95 bits per heavy atom. The summed E-state index contributed by atoms with van der Waals surface area (Å²) in [5, 5.41) is 7.56. The molecule has 1 N–H and O–H groups in total. The number of ether oxygens (including phenoxy) is 1. The lowest BCUT2D eigenvalue weighted by atomic mass is 10.1. The third-order valence-corrected chi connectivity index (χ3v) is 3.40. The monoisotopic (exact) mass is 261 g/mol. The Balaban J connectivity index is 1.78. The van der Waals surface area contributed by atoms with Crippen molar-refractivity contribution < 1.29 is 9.13 Å². The minimum atomic E-state index is -0.283. The Morgan fingerprint density at radius 2 is 2.21 bits per heavy atom. The molecule has 100 valence electrons. The van der Waals surface area contributed by atoms with Gasteiger partial charge in [0.15, 0.2) is 0 Å². The molecule has 0 saturated carbocycles. The third-order valence-electron chi connectivity index (χ3n) is 3.40. The van der Waals surface area contributed by atoms with Crippen LogP contribution in [0.15, 0.2) is 36.7 Å². The van der Waals surface area contributed by atoms with E-state index < -0.39 is 0 Å². The summed E-state index contributed by atoms with van der Waals surface area (Å²) in [7, 11) is 0. The molecule has 1 fully saturated rings. The van der Waals surface area contributed by atoms with E-state index in [1.165, 1.54) is 10.7 Å². The van der Waals surface area contributed by atoms with Crippen molar-refractivity contribution in [1.29, 1.82) is 0 Å². The molecule has 1 aromatic heterocycles. The maximum absolute atomic E-state index is 13.7. The van der Waals surface area contributed by atoms with Gasteiger partial charge < -0.3 is 10.1 Å². The van der Waals surface area contributed by atoms with Gasteiger partial charge in [-0.15, -0.1) is 0 Å². The number of aromatic nitrogens is 2. The fourth-order valence-electron chi connectivity index (χ4n) is 2.23. The maximum atomic E-state index is 13.7. The standard InChI is InChI=1S/C14H16FN3O/c1-10-8-19-9-13(10)17-11-6-16-18(7-11)14-5-3-2-4-12(14)15/h2-7,10,13,17H,8-9H2,1H3. The molecule has 0 spiro atoms. The molecule has 0 amide bonds. The van der Waals surface area contributed by atoms with E-state index in [-0.39, 0.29) is 5.82 Å². The van der Waals surface area contributed by atoms with E-state index in [0.29, 0.717) is 24.3 Å². The highest BCUT2D eigenvalue weighted by Gasteiger charge is 2.24.